The van der Waals surface area contributed by atoms with Crippen LogP contribution in [0.5, 0.6) is 0 Å². The third-order valence-corrected chi connectivity index (χ3v) is 5.73. The van der Waals surface area contributed by atoms with Gasteiger partial charge in [-0.15, -0.1) is 11.3 Å². The molecule has 0 amide bonds. The van der Waals surface area contributed by atoms with E-state index in [-0.39, 0.29) is 6.10 Å². The van der Waals surface area contributed by atoms with Gasteiger partial charge in [0, 0.05) is 36.6 Å². The van der Waals surface area contributed by atoms with E-state index in [2.05, 4.69) is 15.3 Å². The predicted molar refractivity (Wildman–Crippen MR) is 97.3 cm³/mol. The number of rotatable bonds is 5. The maximum Gasteiger partial charge on any atom is 0.227 e. The van der Waals surface area contributed by atoms with Crippen molar-refractivity contribution >= 4 is 23.1 Å². The van der Waals surface area contributed by atoms with Crippen molar-refractivity contribution in [1.82, 2.24) is 15.0 Å². The number of β-amino-alcohol motifs (C(OH)–C–C–N with tert-alkyl or cyclic N) is 1. The number of nitrogens with one attached hydrogen (secondary N) is 1. The van der Waals surface area contributed by atoms with Crippen molar-refractivity contribution in [2.75, 3.05) is 36.5 Å². The van der Waals surface area contributed by atoms with Crippen LogP contribution in [0, 0.1) is 13.8 Å². The third kappa shape index (κ3) is 3.61. The molecule has 4 heterocycles. The Balaban J connectivity index is 1.55. The summed E-state index contributed by atoms with van der Waals surface area (Å²) in [6.45, 7) is 7.46. The number of aromatic nitrogens is 3. The zero-order valence-corrected chi connectivity index (χ0v) is 15.3. The summed E-state index contributed by atoms with van der Waals surface area (Å²) in [5.41, 5.74) is 2.09. The number of ether oxygens (including phenoxy) is 1. The van der Waals surface area contributed by atoms with E-state index in [4.69, 9.17) is 9.72 Å². The second-order valence-corrected chi connectivity index (χ2v) is 7.98. The van der Waals surface area contributed by atoms with E-state index in [1.54, 1.807) is 11.3 Å². The van der Waals surface area contributed by atoms with E-state index in [0.29, 0.717) is 38.1 Å². The van der Waals surface area contributed by atoms with Crippen LogP contribution in [-0.2, 0) is 11.3 Å². The summed E-state index contributed by atoms with van der Waals surface area (Å²) in [5, 5.41) is 14.1. The number of aryl methyl sites for hydroxylation is 2. The highest BCUT2D eigenvalue weighted by atomic mass is 32.1. The fourth-order valence-corrected chi connectivity index (χ4v) is 4.07. The van der Waals surface area contributed by atoms with E-state index in [9.17, 15) is 5.11 Å². The van der Waals surface area contributed by atoms with Gasteiger partial charge in [-0.25, -0.2) is 9.97 Å². The molecule has 2 N–H and O–H groups in total. The molecule has 0 radical (unpaired) electrons. The monoisotopic (exact) mass is 361 g/mol. The molecule has 2 fully saturated rings. The lowest BCUT2D eigenvalue weighted by Gasteiger charge is -2.36. The second-order valence-electron chi connectivity index (χ2n) is 6.69. The van der Waals surface area contributed by atoms with Crippen LogP contribution >= 0.6 is 11.3 Å². The lowest BCUT2D eigenvalue weighted by atomic mass is 10.0. The molecule has 0 aromatic carbocycles. The Kier molecular flexibility index (Phi) is 4.58. The summed E-state index contributed by atoms with van der Waals surface area (Å²) in [4.78, 5) is 17.1. The maximum atomic E-state index is 9.58. The summed E-state index contributed by atoms with van der Waals surface area (Å²) in [5.74, 6) is 1.83. The minimum atomic E-state index is -0.277. The number of anilines is 2. The van der Waals surface area contributed by atoms with E-state index < -0.39 is 0 Å². The number of hydrogen-bond donors (Lipinski definition) is 2. The first-order valence-corrected chi connectivity index (χ1v) is 9.46. The fourth-order valence-electron chi connectivity index (χ4n) is 3.19. The molecule has 0 spiro atoms. The quantitative estimate of drug-likeness (QED) is 0.841. The molecule has 25 heavy (non-hydrogen) atoms. The van der Waals surface area contributed by atoms with Gasteiger partial charge in [-0.05, 0) is 20.3 Å². The van der Waals surface area contributed by atoms with Crippen molar-refractivity contribution in [3.8, 4) is 0 Å². The minimum Gasteiger partial charge on any atom is -0.389 e. The van der Waals surface area contributed by atoms with Gasteiger partial charge >= 0.3 is 0 Å². The zero-order valence-electron chi connectivity index (χ0n) is 14.5. The van der Waals surface area contributed by atoms with E-state index in [1.165, 1.54) is 4.88 Å². The second kappa shape index (κ2) is 6.86. The third-order valence-electron chi connectivity index (χ3n) is 4.66. The van der Waals surface area contributed by atoms with Crippen molar-refractivity contribution in [3.63, 3.8) is 0 Å². The Morgan fingerprint density at radius 2 is 2.16 bits per heavy atom. The molecular weight excluding hydrogens is 338 g/mol. The molecule has 0 bridgehead atoms. The summed E-state index contributed by atoms with van der Waals surface area (Å²) in [6.07, 6.45) is 0.715. The summed E-state index contributed by atoms with van der Waals surface area (Å²) in [7, 11) is 0. The van der Waals surface area contributed by atoms with Crippen molar-refractivity contribution in [2.24, 2.45) is 0 Å². The predicted octanol–water partition coefficient (Wildman–Crippen LogP) is 1.85. The largest absolute Gasteiger partial charge is 0.389 e. The topological polar surface area (TPSA) is 83.4 Å². The van der Waals surface area contributed by atoms with Crippen LogP contribution in [0.15, 0.2) is 6.07 Å². The van der Waals surface area contributed by atoms with E-state index in [1.807, 2.05) is 24.8 Å². The van der Waals surface area contributed by atoms with Crippen molar-refractivity contribution in [1.29, 1.82) is 0 Å². The van der Waals surface area contributed by atoms with Gasteiger partial charge in [0.1, 0.15) is 5.82 Å². The van der Waals surface area contributed by atoms with Crippen LogP contribution in [0.4, 0.5) is 11.8 Å². The summed E-state index contributed by atoms with van der Waals surface area (Å²) < 4.78 is 5.52. The van der Waals surface area contributed by atoms with Gasteiger partial charge in [-0.3, -0.25) is 0 Å². The Hall–Kier alpha value is -1.77. The van der Waals surface area contributed by atoms with E-state index >= 15 is 0 Å². The Bertz CT molecular complexity index is 753. The van der Waals surface area contributed by atoms with Gasteiger partial charge < -0.3 is 20.1 Å². The van der Waals surface area contributed by atoms with Crippen LogP contribution in [0.2, 0.25) is 0 Å². The molecule has 0 unspecified atom stereocenters. The lowest BCUT2D eigenvalue weighted by molar-refractivity contribution is 0.140. The molecule has 7 nitrogen and oxygen atoms in total. The highest BCUT2D eigenvalue weighted by molar-refractivity contribution is 7.11. The molecular formula is C17H23N5O2S. The molecule has 2 saturated heterocycles. The number of hydrogen-bond acceptors (Lipinski definition) is 8. The Morgan fingerprint density at radius 1 is 1.32 bits per heavy atom. The molecule has 1 atom stereocenters. The first-order valence-electron chi connectivity index (χ1n) is 8.65. The van der Waals surface area contributed by atoms with Crippen LogP contribution in [0.25, 0.3) is 0 Å². The van der Waals surface area contributed by atoms with Crippen LogP contribution in [0.1, 0.15) is 33.6 Å². The van der Waals surface area contributed by atoms with Gasteiger partial charge in [0.15, 0.2) is 0 Å². The average molecular weight is 361 g/mol. The molecule has 134 valence electrons. The first-order chi connectivity index (χ1) is 12.1. The summed E-state index contributed by atoms with van der Waals surface area (Å²) in [6, 6.07) is 2.03. The van der Waals surface area contributed by atoms with Crippen LogP contribution in [-0.4, -0.2) is 52.5 Å². The molecule has 0 aliphatic carbocycles. The Morgan fingerprint density at radius 3 is 2.80 bits per heavy atom. The SMILES string of the molecule is Cc1nc(C)c(CNc2cc([C@@H]3CCOC3)nc(N3CC(O)C3)n2)s1. The highest BCUT2D eigenvalue weighted by Crippen LogP contribution is 2.28. The number of aliphatic hydroxyl groups excluding tert-OH is 1. The van der Waals surface area contributed by atoms with Crippen molar-refractivity contribution in [2.45, 2.75) is 38.8 Å². The summed E-state index contributed by atoms with van der Waals surface area (Å²) >= 11 is 1.71. The molecule has 0 saturated carbocycles. The van der Waals surface area contributed by atoms with Gasteiger partial charge in [0.05, 0.1) is 35.7 Å². The fraction of sp³-hybridized carbons (Fsp3) is 0.588. The van der Waals surface area contributed by atoms with Gasteiger partial charge in [0.25, 0.3) is 0 Å². The smallest absolute Gasteiger partial charge is 0.227 e. The standard InChI is InChI=1S/C17H23N5O2S/c1-10-15(25-11(2)19-10)6-18-16-5-14(12-3-4-24-9-12)20-17(21-16)22-7-13(23)8-22/h5,12-13,23H,3-4,6-9H2,1-2H3,(H,18,20,21)/t12-/m1/s1. The lowest BCUT2D eigenvalue weighted by Crippen LogP contribution is -2.51. The van der Waals surface area contributed by atoms with Gasteiger partial charge in [0.2, 0.25) is 5.95 Å². The van der Waals surface area contributed by atoms with Gasteiger partial charge in [-0.1, -0.05) is 0 Å². The molecule has 2 aromatic heterocycles. The van der Waals surface area contributed by atoms with E-state index in [0.717, 1.165) is 35.2 Å². The first kappa shape index (κ1) is 16.7. The average Bonchev–Trinajstić information content (AvgIpc) is 3.19. The minimum absolute atomic E-state index is 0.277. The van der Waals surface area contributed by atoms with Gasteiger partial charge in [-0.2, -0.15) is 4.98 Å². The molecule has 8 heteroatoms. The number of thiazole rings is 1. The zero-order chi connectivity index (χ0) is 17.4. The highest BCUT2D eigenvalue weighted by Gasteiger charge is 2.28. The molecule has 2 aliphatic rings. The van der Waals surface area contributed by atoms with Crippen LogP contribution in [0.3, 0.4) is 0 Å². The van der Waals surface area contributed by atoms with Crippen LogP contribution < -0.4 is 10.2 Å². The normalized spacial score (nSPS) is 20.8. The maximum absolute atomic E-state index is 9.58. The number of nitrogens with zero attached hydrogens (tertiary/aromatic N) is 4. The van der Waals surface area contributed by atoms with Crippen molar-refractivity contribution < 1.29 is 9.84 Å². The number of aliphatic hydroxyl groups is 1. The molecule has 2 aliphatic heterocycles. The molecule has 2 aromatic rings. The Labute approximate surface area is 151 Å². The molecule has 4 rings (SSSR count). The van der Waals surface area contributed by atoms with Crippen molar-refractivity contribution in [3.05, 3.63) is 27.3 Å².